The summed E-state index contributed by atoms with van der Waals surface area (Å²) in [4.78, 5) is 28.2. The first-order valence-electron chi connectivity index (χ1n) is 8.49. The lowest BCUT2D eigenvalue weighted by atomic mass is 10.1. The van der Waals surface area contributed by atoms with Gasteiger partial charge < -0.3 is 15.1 Å². The molecule has 0 aromatic carbocycles. The summed E-state index contributed by atoms with van der Waals surface area (Å²) in [5, 5.41) is 7.22. The van der Waals surface area contributed by atoms with Crippen LogP contribution in [-0.4, -0.2) is 47.4 Å². The molecule has 1 aromatic rings. The van der Waals surface area contributed by atoms with E-state index in [-0.39, 0.29) is 6.03 Å². The fraction of sp³-hybridized carbons (Fsp3) is 0.647. The topological polar surface area (TPSA) is 52.7 Å². The van der Waals surface area contributed by atoms with Gasteiger partial charge in [0.25, 0.3) is 0 Å². The van der Waals surface area contributed by atoms with Crippen LogP contribution in [0.1, 0.15) is 43.2 Å². The van der Waals surface area contributed by atoms with Gasteiger partial charge in [-0.25, -0.2) is 4.79 Å². The van der Waals surface area contributed by atoms with Crippen LogP contribution >= 0.6 is 11.3 Å². The zero-order valence-corrected chi connectivity index (χ0v) is 14.5. The van der Waals surface area contributed by atoms with Gasteiger partial charge in [-0.3, -0.25) is 4.79 Å². The van der Waals surface area contributed by atoms with Gasteiger partial charge in [-0.05, 0) is 54.5 Å². The van der Waals surface area contributed by atoms with Crippen molar-refractivity contribution in [3.05, 3.63) is 21.9 Å². The Labute approximate surface area is 141 Å². The molecule has 0 saturated carbocycles. The Morgan fingerprint density at radius 1 is 1.26 bits per heavy atom. The average Bonchev–Trinajstić information content (AvgIpc) is 3.06. The van der Waals surface area contributed by atoms with Crippen molar-refractivity contribution in [2.24, 2.45) is 0 Å². The highest BCUT2D eigenvalue weighted by Gasteiger charge is 2.30. The predicted molar refractivity (Wildman–Crippen MR) is 91.5 cm³/mol. The average molecular weight is 335 g/mol. The molecule has 1 unspecified atom stereocenters. The lowest BCUT2D eigenvalue weighted by Gasteiger charge is -2.27. The molecular weight excluding hydrogens is 310 g/mol. The van der Waals surface area contributed by atoms with E-state index < -0.39 is 0 Å². The van der Waals surface area contributed by atoms with Gasteiger partial charge in [-0.15, -0.1) is 0 Å². The van der Waals surface area contributed by atoms with Crippen LogP contribution in [0.25, 0.3) is 0 Å². The Morgan fingerprint density at radius 2 is 2.13 bits per heavy atom. The molecule has 0 bridgehead atoms. The number of amides is 3. The SMILES string of the molecule is Cc1cscc1CNC(=O)N1CCCC(N2CCCC2=O)CC1. The lowest BCUT2D eigenvalue weighted by molar-refractivity contribution is -0.129. The maximum Gasteiger partial charge on any atom is 0.317 e. The zero-order valence-electron chi connectivity index (χ0n) is 13.7. The van der Waals surface area contributed by atoms with Crippen molar-refractivity contribution in [2.75, 3.05) is 19.6 Å². The van der Waals surface area contributed by atoms with E-state index in [0.717, 1.165) is 45.3 Å². The molecule has 2 fully saturated rings. The van der Waals surface area contributed by atoms with Gasteiger partial charge in [0.2, 0.25) is 5.91 Å². The molecule has 3 heterocycles. The number of likely N-dealkylation sites (tertiary alicyclic amines) is 2. The first kappa shape index (κ1) is 16.3. The van der Waals surface area contributed by atoms with Crippen molar-refractivity contribution in [2.45, 2.75) is 51.6 Å². The van der Waals surface area contributed by atoms with E-state index in [1.165, 1.54) is 11.1 Å². The van der Waals surface area contributed by atoms with Crippen LogP contribution in [0, 0.1) is 6.92 Å². The third-order valence-electron chi connectivity index (χ3n) is 4.93. The summed E-state index contributed by atoms with van der Waals surface area (Å²) >= 11 is 1.67. The number of rotatable bonds is 3. The highest BCUT2D eigenvalue weighted by molar-refractivity contribution is 7.08. The number of urea groups is 1. The number of nitrogens with zero attached hydrogens (tertiary/aromatic N) is 2. The molecule has 0 aliphatic carbocycles. The van der Waals surface area contributed by atoms with Crippen LogP contribution < -0.4 is 5.32 Å². The molecule has 2 aliphatic heterocycles. The summed E-state index contributed by atoms with van der Waals surface area (Å²) in [6.45, 7) is 5.09. The number of carbonyl (C=O) groups is 2. The molecule has 0 radical (unpaired) electrons. The smallest absolute Gasteiger partial charge is 0.317 e. The van der Waals surface area contributed by atoms with Crippen molar-refractivity contribution in [3.8, 4) is 0 Å². The second-order valence-electron chi connectivity index (χ2n) is 6.50. The van der Waals surface area contributed by atoms with Gasteiger partial charge >= 0.3 is 6.03 Å². The van der Waals surface area contributed by atoms with E-state index in [1.54, 1.807) is 11.3 Å². The maximum absolute atomic E-state index is 12.4. The third kappa shape index (κ3) is 3.86. The maximum atomic E-state index is 12.4. The number of nitrogens with one attached hydrogen (secondary N) is 1. The molecule has 1 aromatic heterocycles. The summed E-state index contributed by atoms with van der Waals surface area (Å²) < 4.78 is 0. The number of hydrogen-bond acceptors (Lipinski definition) is 3. The van der Waals surface area contributed by atoms with Gasteiger partial charge in [0.1, 0.15) is 0 Å². The van der Waals surface area contributed by atoms with Gasteiger partial charge in [-0.1, -0.05) is 0 Å². The Hall–Kier alpha value is -1.56. The summed E-state index contributed by atoms with van der Waals surface area (Å²) in [7, 11) is 0. The summed E-state index contributed by atoms with van der Waals surface area (Å²) in [5.74, 6) is 0.292. The van der Waals surface area contributed by atoms with Crippen LogP contribution in [0.3, 0.4) is 0 Å². The highest BCUT2D eigenvalue weighted by atomic mass is 32.1. The Kier molecular flexibility index (Phi) is 5.20. The van der Waals surface area contributed by atoms with E-state index >= 15 is 0 Å². The molecule has 126 valence electrons. The van der Waals surface area contributed by atoms with Crippen molar-refractivity contribution < 1.29 is 9.59 Å². The van der Waals surface area contributed by atoms with Crippen LogP contribution in [0.5, 0.6) is 0 Å². The molecule has 23 heavy (non-hydrogen) atoms. The van der Waals surface area contributed by atoms with Crippen molar-refractivity contribution in [1.82, 2.24) is 15.1 Å². The molecule has 1 N–H and O–H groups in total. The van der Waals surface area contributed by atoms with Crippen LogP contribution in [0.15, 0.2) is 10.8 Å². The van der Waals surface area contributed by atoms with Crippen molar-refractivity contribution >= 4 is 23.3 Å². The first-order valence-corrected chi connectivity index (χ1v) is 9.43. The summed E-state index contributed by atoms with van der Waals surface area (Å²) in [6, 6.07) is 0.339. The molecule has 6 heteroatoms. The minimum Gasteiger partial charge on any atom is -0.340 e. The van der Waals surface area contributed by atoms with E-state index in [4.69, 9.17) is 0 Å². The molecule has 2 saturated heterocycles. The Balaban J connectivity index is 1.50. The lowest BCUT2D eigenvalue weighted by Crippen LogP contribution is -2.41. The number of carbonyl (C=O) groups excluding carboxylic acids is 2. The Morgan fingerprint density at radius 3 is 2.83 bits per heavy atom. The monoisotopic (exact) mass is 335 g/mol. The van der Waals surface area contributed by atoms with E-state index in [0.29, 0.717) is 24.9 Å². The third-order valence-corrected chi connectivity index (χ3v) is 5.84. The second-order valence-corrected chi connectivity index (χ2v) is 7.24. The van der Waals surface area contributed by atoms with Crippen molar-refractivity contribution in [1.29, 1.82) is 0 Å². The molecule has 3 rings (SSSR count). The van der Waals surface area contributed by atoms with Gasteiger partial charge in [0.15, 0.2) is 0 Å². The number of thiophene rings is 1. The minimum absolute atomic E-state index is 0.0176. The standard InChI is InChI=1S/C17H25N3O2S/c1-13-11-23-12-14(13)10-18-17(22)19-7-2-4-15(6-9-19)20-8-3-5-16(20)21/h11-12,15H,2-10H2,1H3,(H,18,22). The summed E-state index contributed by atoms with van der Waals surface area (Å²) in [5.41, 5.74) is 2.43. The molecule has 1 atom stereocenters. The molecular formula is C17H25N3O2S. The Bertz CT molecular complexity index is 572. The minimum atomic E-state index is 0.0176. The molecule has 3 amide bonds. The van der Waals surface area contributed by atoms with Gasteiger partial charge in [0, 0.05) is 38.6 Å². The fourth-order valence-corrected chi connectivity index (χ4v) is 4.36. The normalized spacial score (nSPS) is 22.3. The number of hydrogen-bond donors (Lipinski definition) is 1. The largest absolute Gasteiger partial charge is 0.340 e. The molecule has 5 nitrogen and oxygen atoms in total. The van der Waals surface area contributed by atoms with E-state index in [2.05, 4.69) is 23.0 Å². The van der Waals surface area contributed by atoms with Crippen LogP contribution in [0.2, 0.25) is 0 Å². The predicted octanol–water partition coefficient (Wildman–Crippen LogP) is 2.74. The zero-order chi connectivity index (χ0) is 16.2. The highest BCUT2D eigenvalue weighted by Crippen LogP contribution is 2.22. The van der Waals surface area contributed by atoms with Crippen LogP contribution in [-0.2, 0) is 11.3 Å². The van der Waals surface area contributed by atoms with E-state index in [1.807, 2.05) is 9.80 Å². The molecule has 0 spiro atoms. The van der Waals surface area contributed by atoms with Gasteiger partial charge in [0.05, 0.1) is 0 Å². The molecule has 2 aliphatic rings. The van der Waals surface area contributed by atoms with Gasteiger partial charge in [-0.2, -0.15) is 11.3 Å². The number of aryl methyl sites for hydroxylation is 1. The first-order chi connectivity index (χ1) is 11.1. The second kappa shape index (κ2) is 7.34. The quantitative estimate of drug-likeness (QED) is 0.923. The summed E-state index contributed by atoms with van der Waals surface area (Å²) in [6.07, 6.45) is 4.56. The fourth-order valence-electron chi connectivity index (χ4n) is 3.50. The van der Waals surface area contributed by atoms with Crippen molar-refractivity contribution in [3.63, 3.8) is 0 Å². The van der Waals surface area contributed by atoms with Crippen LogP contribution in [0.4, 0.5) is 4.79 Å². The van der Waals surface area contributed by atoms with E-state index in [9.17, 15) is 9.59 Å².